The second-order valence-corrected chi connectivity index (χ2v) is 4.24. The molecular weight excluding hydrogens is 230 g/mol. The maximum Gasteiger partial charge on any atom is 0.224 e. The Morgan fingerprint density at radius 3 is 3.11 bits per heavy atom. The van der Waals surface area contributed by atoms with Crippen molar-refractivity contribution in [3.63, 3.8) is 0 Å². The Morgan fingerprint density at radius 2 is 2.33 bits per heavy atom. The van der Waals surface area contributed by atoms with E-state index in [1.807, 2.05) is 18.3 Å². The van der Waals surface area contributed by atoms with E-state index in [4.69, 9.17) is 9.47 Å². The van der Waals surface area contributed by atoms with Gasteiger partial charge in [-0.3, -0.25) is 0 Å². The lowest BCUT2D eigenvalue weighted by Gasteiger charge is -2.14. The van der Waals surface area contributed by atoms with Gasteiger partial charge < -0.3 is 14.0 Å². The quantitative estimate of drug-likeness (QED) is 0.829. The van der Waals surface area contributed by atoms with Crippen molar-refractivity contribution in [3.05, 3.63) is 30.7 Å². The number of hydrogen-bond donors (Lipinski definition) is 0. The molecule has 1 atom stereocenters. The van der Waals surface area contributed by atoms with E-state index in [2.05, 4.69) is 14.5 Å². The average molecular weight is 245 g/mol. The summed E-state index contributed by atoms with van der Waals surface area (Å²) in [6, 6.07) is 4.22. The molecule has 0 bridgehead atoms. The zero-order valence-corrected chi connectivity index (χ0v) is 10.2. The van der Waals surface area contributed by atoms with Gasteiger partial charge in [-0.05, 0) is 18.6 Å². The highest BCUT2D eigenvalue weighted by Gasteiger charge is 2.22. The zero-order chi connectivity index (χ0) is 12.4. The van der Waals surface area contributed by atoms with Crippen molar-refractivity contribution < 1.29 is 9.47 Å². The van der Waals surface area contributed by atoms with Crippen LogP contribution < -0.4 is 4.74 Å². The van der Waals surface area contributed by atoms with Gasteiger partial charge in [-0.2, -0.15) is 0 Å². The minimum absolute atomic E-state index is 0.354. The Bertz CT molecular complexity index is 533. The molecule has 1 saturated heterocycles. The van der Waals surface area contributed by atoms with E-state index in [-0.39, 0.29) is 0 Å². The first-order valence-corrected chi connectivity index (χ1v) is 6.00. The molecule has 0 aliphatic carbocycles. The van der Waals surface area contributed by atoms with Crippen LogP contribution in [0.3, 0.4) is 0 Å². The summed E-state index contributed by atoms with van der Waals surface area (Å²) in [5, 5.41) is 0. The number of nitrogens with zero attached hydrogens (tertiary/aromatic N) is 3. The lowest BCUT2D eigenvalue weighted by Crippen LogP contribution is -2.09. The molecule has 2 aromatic heterocycles. The van der Waals surface area contributed by atoms with Crippen LogP contribution in [0, 0.1) is 0 Å². The van der Waals surface area contributed by atoms with E-state index >= 15 is 0 Å². The average Bonchev–Trinajstić information content (AvgIpc) is 3.09. The predicted octanol–water partition coefficient (Wildman–Crippen LogP) is 1.92. The lowest BCUT2D eigenvalue weighted by atomic mass is 10.2. The molecule has 0 N–H and O–H groups in total. The molecule has 0 spiro atoms. The van der Waals surface area contributed by atoms with Crippen LogP contribution in [0.15, 0.2) is 30.7 Å². The normalized spacial score (nSPS) is 19.1. The fourth-order valence-corrected chi connectivity index (χ4v) is 2.28. The third-order valence-electron chi connectivity index (χ3n) is 3.17. The molecule has 94 valence electrons. The molecule has 1 fully saturated rings. The summed E-state index contributed by atoms with van der Waals surface area (Å²) in [4.78, 5) is 8.64. The van der Waals surface area contributed by atoms with Crippen LogP contribution in [0.2, 0.25) is 0 Å². The van der Waals surface area contributed by atoms with Crippen LogP contribution in [0.5, 0.6) is 5.88 Å². The van der Waals surface area contributed by atoms with Gasteiger partial charge in [0.05, 0.1) is 25.3 Å². The molecule has 18 heavy (non-hydrogen) atoms. The molecular formula is C13H15N3O2. The number of rotatable bonds is 3. The second kappa shape index (κ2) is 4.78. The number of hydrogen-bond acceptors (Lipinski definition) is 4. The molecule has 2 aromatic rings. The van der Waals surface area contributed by atoms with E-state index in [0.29, 0.717) is 11.9 Å². The SMILES string of the molecule is COc1ncccc1-c1nccn1C1CCOC1. The summed E-state index contributed by atoms with van der Waals surface area (Å²) in [7, 11) is 1.62. The maximum atomic E-state index is 5.43. The molecule has 3 heterocycles. The zero-order valence-electron chi connectivity index (χ0n) is 10.2. The summed E-state index contributed by atoms with van der Waals surface area (Å²) < 4.78 is 12.9. The van der Waals surface area contributed by atoms with Crippen LogP contribution in [-0.2, 0) is 4.74 Å². The van der Waals surface area contributed by atoms with Gasteiger partial charge in [-0.25, -0.2) is 9.97 Å². The van der Waals surface area contributed by atoms with Gasteiger partial charge in [0, 0.05) is 25.2 Å². The third kappa shape index (κ3) is 1.86. The Balaban J connectivity index is 2.03. The van der Waals surface area contributed by atoms with Crippen molar-refractivity contribution >= 4 is 0 Å². The van der Waals surface area contributed by atoms with Gasteiger partial charge in [0.1, 0.15) is 5.82 Å². The Labute approximate surface area is 105 Å². The van der Waals surface area contributed by atoms with E-state index in [9.17, 15) is 0 Å². The maximum absolute atomic E-state index is 5.43. The highest BCUT2D eigenvalue weighted by atomic mass is 16.5. The van der Waals surface area contributed by atoms with Crippen molar-refractivity contribution in [1.82, 2.24) is 14.5 Å². The van der Waals surface area contributed by atoms with Gasteiger partial charge in [-0.15, -0.1) is 0 Å². The van der Waals surface area contributed by atoms with Crippen LogP contribution in [0.25, 0.3) is 11.4 Å². The first-order chi connectivity index (χ1) is 8.90. The van der Waals surface area contributed by atoms with Gasteiger partial charge in [-0.1, -0.05) is 0 Å². The van der Waals surface area contributed by atoms with Crippen molar-refractivity contribution in [2.75, 3.05) is 20.3 Å². The van der Waals surface area contributed by atoms with Crippen molar-refractivity contribution in [2.24, 2.45) is 0 Å². The molecule has 0 saturated carbocycles. The molecule has 0 amide bonds. The fourth-order valence-electron chi connectivity index (χ4n) is 2.28. The van der Waals surface area contributed by atoms with Crippen LogP contribution in [0.4, 0.5) is 0 Å². The van der Waals surface area contributed by atoms with Crippen LogP contribution >= 0.6 is 0 Å². The van der Waals surface area contributed by atoms with Crippen molar-refractivity contribution in [2.45, 2.75) is 12.5 Å². The van der Waals surface area contributed by atoms with E-state index in [0.717, 1.165) is 31.0 Å². The number of methoxy groups -OCH3 is 1. The van der Waals surface area contributed by atoms with E-state index < -0.39 is 0 Å². The summed E-state index contributed by atoms with van der Waals surface area (Å²) >= 11 is 0. The smallest absolute Gasteiger partial charge is 0.224 e. The molecule has 1 aliphatic rings. The number of aromatic nitrogens is 3. The van der Waals surface area contributed by atoms with Gasteiger partial charge in [0.2, 0.25) is 5.88 Å². The third-order valence-corrected chi connectivity index (χ3v) is 3.17. The monoisotopic (exact) mass is 245 g/mol. The standard InChI is InChI=1S/C13H15N3O2/c1-17-13-11(3-2-5-15-13)12-14-6-7-16(12)10-4-8-18-9-10/h2-3,5-7,10H,4,8-9H2,1H3. The molecule has 5 heteroatoms. The first kappa shape index (κ1) is 11.2. The van der Waals surface area contributed by atoms with Crippen LogP contribution in [-0.4, -0.2) is 34.9 Å². The molecule has 3 rings (SSSR count). The predicted molar refractivity (Wildman–Crippen MR) is 66.5 cm³/mol. The van der Waals surface area contributed by atoms with Crippen molar-refractivity contribution in [1.29, 1.82) is 0 Å². The largest absolute Gasteiger partial charge is 0.480 e. The Morgan fingerprint density at radius 1 is 1.39 bits per heavy atom. The van der Waals surface area contributed by atoms with Gasteiger partial charge >= 0.3 is 0 Å². The summed E-state index contributed by atoms with van der Waals surface area (Å²) in [5.41, 5.74) is 0.914. The molecule has 0 radical (unpaired) electrons. The fraction of sp³-hybridized carbons (Fsp3) is 0.385. The van der Waals surface area contributed by atoms with E-state index in [1.165, 1.54) is 0 Å². The van der Waals surface area contributed by atoms with Crippen molar-refractivity contribution in [3.8, 4) is 17.3 Å². The molecule has 5 nitrogen and oxygen atoms in total. The molecule has 1 aliphatic heterocycles. The van der Waals surface area contributed by atoms with Gasteiger partial charge in [0.15, 0.2) is 0 Å². The second-order valence-electron chi connectivity index (χ2n) is 4.24. The van der Waals surface area contributed by atoms with E-state index in [1.54, 1.807) is 19.5 Å². The summed E-state index contributed by atoms with van der Waals surface area (Å²) in [5.74, 6) is 1.49. The Hall–Kier alpha value is -1.88. The molecule has 1 unspecified atom stereocenters. The summed E-state index contributed by atoms with van der Waals surface area (Å²) in [6.45, 7) is 1.55. The van der Waals surface area contributed by atoms with Gasteiger partial charge in [0.25, 0.3) is 0 Å². The van der Waals surface area contributed by atoms with Crippen LogP contribution in [0.1, 0.15) is 12.5 Å². The molecule has 0 aromatic carbocycles. The summed E-state index contributed by atoms with van der Waals surface area (Å²) in [6.07, 6.45) is 6.53. The minimum Gasteiger partial charge on any atom is -0.480 e. The highest BCUT2D eigenvalue weighted by Crippen LogP contribution is 2.30. The minimum atomic E-state index is 0.354. The lowest BCUT2D eigenvalue weighted by molar-refractivity contribution is 0.187. The number of ether oxygens (including phenoxy) is 2. The topological polar surface area (TPSA) is 49.2 Å². The number of pyridine rings is 1. The highest BCUT2D eigenvalue weighted by molar-refractivity contribution is 5.61. The number of imidazole rings is 1. The Kier molecular flexibility index (Phi) is 2.98. The first-order valence-electron chi connectivity index (χ1n) is 6.00.